The van der Waals surface area contributed by atoms with Crippen molar-refractivity contribution in [3.63, 3.8) is 0 Å². The molecule has 6 heteroatoms. The first kappa shape index (κ1) is 21.8. The van der Waals surface area contributed by atoms with E-state index in [1.165, 1.54) is 31.7 Å². The third-order valence-electron chi connectivity index (χ3n) is 7.00. The van der Waals surface area contributed by atoms with Crippen molar-refractivity contribution in [3.05, 3.63) is 41.3 Å². The Morgan fingerprint density at radius 1 is 0.875 bits per heavy atom. The smallest absolute Gasteiger partial charge is 0.201 e. The molecule has 1 aromatic carbocycles. The summed E-state index contributed by atoms with van der Waals surface area (Å²) >= 11 is 1.90. The molecule has 0 spiro atoms. The lowest BCUT2D eigenvalue weighted by Crippen LogP contribution is -2.46. The minimum Gasteiger partial charge on any atom is -0.369 e. The molecule has 0 radical (unpaired) electrons. The Morgan fingerprint density at radius 2 is 1.56 bits per heavy atom. The fraction of sp³-hybridized carbons (Fsp3) is 0.538. The minimum atomic E-state index is 0.0496. The second kappa shape index (κ2) is 8.40. The summed E-state index contributed by atoms with van der Waals surface area (Å²) in [4.78, 5) is 13.8. The molecule has 5 rings (SSSR count). The van der Waals surface area contributed by atoms with Crippen LogP contribution in [0.25, 0.3) is 20.8 Å². The maximum absolute atomic E-state index is 5.20. The summed E-state index contributed by atoms with van der Waals surface area (Å²) in [5.74, 6) is 0. The Labute approximate surface area is 196 Å². The summed E-state index contributed by atoms with van der Waals surface area (Å²) in [5.41, 5.74) is 5.03. The third-order valence-corrected chi connectivity index (χ3v) is 8.08. The lowest BCUT2D eigenvalue weighted by Gasteiger charge is -2.35. The van der Waals surface area contributed by atoms with Crippen molar-refractivity contribution in [1.29, 1.82) is 0 Å². The van der Waals surface area contributed by atoms with Gasteiger partial charge in [0, 0.05) is 44.0 Å². The number of benzene rings is 2. The van der Waals surface area contributed by atoms with Gasteiger partial charge in [-0.2, -0.15) is 0 Å². The molecule has 3 heterocycles. The summed E-state index contributed by atoms with van der Waals surface area (Å²) < 4.78 is 3.81. The van der Waals surface area contributed by atoms with Gasteiger partial charge in [0.05, 0.1) is 33.9 Å². The number of piperazine rings is 2. The molecule has 5 nitrogen and oxygen atoms in total. The van der Waals surface area contributed by atoms with Crippen molar-refractivity contribution < 1.29 is 0 Å². The Hall–Kier alpha value is -2.02. The highest BCUT2D eigenvalue weighted by molar-refractivity contribution is 7.21. The number of rotatable bonds is 1. The van der Waals surface area contributed by atoms with Gasteiger partial charge in [-0.3, -0.25) is 4.90 Å². The summed E-state index contributed by atoms with van der Waals surface area (Å²) in [7, 11) is 4.43. The van der Waals surface area contributed by atoms with Gasteiger partial charge in [0.25, 0.3) is 0 Å². The highest BCUT2D eigenvalue weighted by atomic mass is 32.1. The van der Waals surface area contributed by atoms with E-state index in [0.29, 0.717) is 0 Å². The third kappa shape index (κ3) is 4.28. The topological polar surface area (TPSA) is 25.6 Å². The van der Waals surface area contributed by atoms with Gasteiger partial charge in [0.1, 0.15) is 0 Å². The zero-order chi connectivity index (χ0) is 22.5. The highest BCUT2D eigenvalue weighted by Crippen LogP contribution is 2.38. The van der Waals surface area contributed by atoms with Gasteiger partial charge in [0.2, 0.25) is 5.36 Å². The molecule has 170 valence electrons. The van der Waals surface area contributed by atoms with E-state index in [1.54, 1.807) is 0 Å². The van der Waals surface area contributed by atoms with Crippen molar-refractivity contribution in [2.45, 2.75) is 26.2 Å². The fourth-order valence-electron chi connectivity index (χ4n) is 4.78. The number of aromatic nitrogens is 1. The van der Waals surface area contributed by atoms with Crippen molar-refractivity contribution in [1.82, 2.24) is 19.4 Å². The number of anilines is 1. The fourth-order valence-corrected chi connectivity index (χ4v) is 5.85. The number of fused-ring (bicyclic) bond motifs is 2. The van der Waals surface area contributed by atoms with Gasteiger partial charge in [-0.1, -0.05) is 20.8 Å². The average molecular weight is 451 g/mol. The molecular weight excluding hydrogens is 414 g/mol. The van der Waals surface area contributed by atoms with Gasteiger partial charge in [0.15, 0.2) is 13.1 Å². The molecule has 0 unspecified atom stereocenters. The van der Waals surface area contributed by atoms with Gasteiger partial charge in [-0.15, -0.1) is 11.3 Å². The van der Waals surface area contributed by atoms with Crippen LogP contribution in [0.4, 0.5) is 5.69 Å². The predicted octanol–water partition coefficient (Wildman–Crippen LogP) is 3.17. The molecule has 4 aliphatic rings. The molecule has 1 aliphatic carbocycles. The van der Waals surface area contributed by atoms with Gasteiger partial charge >= 0.3 is 0 Å². The zero-order valence-corrected chi connectivity index (χ0v) is 21.0. The molecule has 2 saturated heterocycles. The SMILES string of the molecule is CN1CCN(c2cc(C(C)(C)C)c3nc4ccc(=[N+]5CCN(C)CC5)cc-4sc3c2)CC1. The van der Waals surface area contributed by atoms with Crippen molar-refractivity contribution in [2.75, 3.05) is 71.4 Å². The van der Waals surface area contributed by atoms with Crippen LogP contribution in [0.5, 0.6) is 0 Å². The van der Waals surface area contributed by atoms with Crippen molar-refractivity contribution in [3.8, 4) is 10.6 Å². The minimum absolute atomic E-state index is 0.0496. The van der Waals surface area contributed by atoms with Crippen LogP contribution in [0.1, 0.15) is 26.3 Å². The predicted molar refractivity (Wildman–Crippen MR) is 137 cm³/mol. The molecule has 0 saturated carbocycles. The number of likely N-dealkylation sites (N-methyl/N-ethyl adjacent to an activating group) is 2. The molecule has 32 heavy (non-hydrogen) atoms. The zero-order valence-electron chi connectivity index (χ0n) is 20.2. The standard InChI is InChI=1S/C26H36N5S/c1-26(2,3)21-16-20(31-14-10-29(5)11-15-31)18-24-25(21)27-22-7-6-19(17-23(22)32-24)30-12-8-28(4)9-13-30/h6-7,16-18H,8-15H2,1-5H3/q+1. The first-order valence-corrected chi connectivity index (χ1v) is 12.7. The summed E-state index contributed by atoms with van der Waals surface area (Å²) in [6, 6.07) is 11.6. The first-order chi connectivity index (χ1) is 15.3. The van der Waals surface area contributed by atoms with E-state index >= 15 is 0 Å². The largest absolute Gasteiger partial charge is 0.369 e. The molecule has 3 aliphatic heterocycles. The van der Waals surface area contributed by atoms with Gasteiger partial charge < -0.3 is 9.80 Å². The molecule has 0 bridgehead atoms. The van der Waals surface area contributed by atoms with E-state index in [1.807, 2.05) is 11.3 Å². The van der Waals surface area contributed by atoms with Crippen LogP contribution < -0.4 is 14.8 Å². The number of nitrogens with zero attached hydrogens (tertiary/aromatic N) is 5. The first-order valence-electron chi connectivity index (χ1n) is 11.9. The Morgan fingerprint density at radius 3 is 2.25 bits per heavy atom. The van der Waals surface area contributed by atoms with E-state index in [0.717, 1.165) is 58.1 Å². The molecule has 0 atom stereocenters. The normalized spacial score (nSPS) is 19.3. The Bertz CT molecular complexity index is 1160. The quantitative estimate of drug-likeness (QED) is 0.420. The molecule has 2 fully saturated rings. The second-order valence-electron chi connectivity index (χ2n) is 10.5. The maximum atomic E-state index is 5.20. The monoisotopic (exact) mass is 450 g/mol. The van der Waals surface area contributed by atoms with Crippen LogP contribution in [0, 0.1) is 0 Å². The van der Waals surface area contributed by atoms with Crippen LogP contribution in [-0.2, 0) is 5.41 Å². The van der Waals surface area contributed by atoms with Crippen LogP contribution >= 0.6 is 11.3 Å². The highest BCUT2D eigenvalue weighted by Gasteiger charge is 2.24. The second-order valence-corrected chi connectivity index (χ2v) is 11.6. The molecule has 0 N–H and O–H groups in total. The van der Waals surface area contributed by atoms with Crippen LogP contribution in [0.3, 0.4) is 0 Å². The molecule has 0 aromatic heterocycles. The lowest BCUT2D eigenvalue weighted by atomic mass is 9.86. The van der Waals surface area contributed by atoms with Gasteiger partial charge in [-0.05, 0) is 43.3 Å². The van der Waals surface area contributed by atoms with Gasteiger partial charge in [-0.25, -0.2) is 9.56 Å². The molecule has 1 aromatic rings. The van der Waals surface area contributed by atoms with E-state index < -0.39 is 0 Å². The Balaban J connectivity index is 1.65. The summed E-state index contributed by atoms with van der Waals surface area (Å²) in [6.45, 7) is 15.8. The Kier molecular flexibility index (Phi) is 5.72. The van der Waals surface area contributed by atoms with E-state index in [4.69, 9.17) is 4.98 Å². The van der Waals surface area contributed by atoms with Crippen LogP contribution in [-0.4, -0.2) is 81.2 Å². The van der Waals surface area contributed by atoms with E-state index in [-0.39, 0.29) is 5.41 Å². The maximum Gasteiger partial charge on any atom is 0.201 e. The van der Waals surface area contributed by atoms with Crippen molar-refractivity contribution >= 4 is 27.2 Å². The summed E-state index contributed by atoms with van der Waals surface area (Å²) in [6.07, 6.45) is 0. The molecule has 0 amide bonds. The number of hydrogen-bond donors (Lipinski definition) is 0. The van der Waals surface area contributed by atoms with Crippen molar-refractivity contribution in [2.24, 2.45) is 0 Å². The van der Waals surface area contributed by atoms with E-state index in [2.05, 4.69) is 84.5 Å². The lowest BCUT2D eigenvalue weighted by molar-refractivity contribution is 0.267. The van der Waals surface area contributed by atoms with Crippen LogP contribution in [0.15, 0.2) is 30.3 Å². The molecular formula is C26H36N5S+. The van der Waals surface area contributed by atoms with Crippen LogP contribution in [0.2, 0.25) is 0 Å². The van der Waals surface area contributed by atoms with E-state index in [9.17, 15) is 0 Å². The number of hydrogen-bond acceptors (Lipinski definition) is 5. The average Bonchev–Trinajstić information content (AvgIpc) is 2.77. The summed E-state index contributed by atoms with van der Waals surface area (Å²) in [5, 5.41) is 1.33.